The van der Waals surface area contributed by atoms with E-state index in [0.717, 1.165) is 0 Å². The maximum atomic E-state index is 11.9. The van der Waals surface area contributed by atoms with Gasteiger partial charge in [-0.3, -0.25) is 20.0 Å². The number of hydroxylamine groups is 2. The molecule has 20 heavy (non-hydrogen) atoms. The fourth-order valence-electron chi connectivity index (χ4n) is 1.64. The summed E-state index contributed by atoms with van der Waals surface area (Å²) in [6.45, 7) is 0. The quantitative estimate of drug-likeness (QED) is 0.277. The molecule has 1 aromatic carbocycles. The number of carbonyl (C=O) groups is 2. The van der Waals surface area contributed by atoms with Crippen LogP contribution in [-0.2, 0) is 11.2 Å². The Balaban J connectivity index is 2.93. The summed E-state index contributed by atoms with van der Waals surface area (Å²) in [5.74, 6) is -1.50. The van der Waals surface area contributed by atoms with Gasteiger partial charge in [-0.1, -0.05) is 23.4 Å². The highest BCUT2D eigenvalue weighted by Gasteiger charge is 2.24. The van der Waals surface area contributed by atoms with Gasteiger partial charge in [0, 0.05) is 17.7 Å². The number of carboxylic acid groups (broad SMARTS) is 1. The molecule has 0 unspecified atom stereocenters. The van der Waals surface area contributed by atoms with Crippen molar-refractivity contribution in [3.63, 3.8) is 0 Å². The number of hydrogen-bond acceptors (Lipinski definition) is 7. The van der Waals surface area contributed by atoms with E-state index in [1.165, 1.54) is 6.07 Å². The molecule has 0 amide bonds. The largest absolute Gasteiger partial charge is 0.480 e. The Kier molecular flexibility index (Phi) is 6.11. The van der Waals surface area contributed by atoms with Crippen LogP contribution in [0.5, 0.6) is 0 Å². The van der Waals surface area contributed by atoms with Gasteiger partial charge in [-0.15, -0.1) is 0 Å². The lowest BCUT2D eigenvalue weighted by atomic mass is 9.99. The highest BCUT2D eigenvalue weighted by atomic mass is 32.1. The van der Waals surface area contributed by atoms with Crippen LogP contribution < -0.4 is 5.73 Å². The third kappa shape index (κ3) is 4.29. The zero-order valence-electron chi connectivity index (χ0n) is 10.5. The number of aliphatic carboxylic acids is 1. The highest BCUT2D eigenvalue weighted by Crippen LogP contribution is 2.12. The van der Waals surface area contributed by atoms with Crippen LogP contribution >= 0.6 is 12.6 Å². The van der Waals surface area contributed by atoms with Crippen molar-refractivity contribution in [3.05, 3.63) is 35.4 Å². The molecule has 0 aliphatic rings. The Morgan fingerprint density at radius 2 is 2.00 bits per heavy atom. The number of Topliss-reactive ketones (excluding diaryl/α,β-unsaturated/α-hetero) is 1. The van der Waals surface area contributed by atoms with Crippen molar-refractivity contribution in [1.29, 1.82) is 0 Å². The van der Waals surface area contributed by atoms with Crippen molar-refractivity contribution in [1.82, 2.24) is 5.23 Å². The van der Waals surface area contributed by atoms with Gasteiger partial charge < -0.3 is 10.8 Å². The Labute approximate surface area is 120 Å². The second-order valence-electron chi connectivity index (χ2n) is 4.23. The van der Waals surface area contributed by atoms with E-state index in [1.807, 2.05) is 0 Å². The van der Waals surface area contributed by atoms with Gasteiger partial charge in [-0.05, 0) is 11.6 Å². The van der Waals surface area contributed by atoms with E-state index in [1.54, 1.807) is 18.2 Å². The van der Waals surface area contributed by atoms with Crippen molar-refractivity contribution < 1.29 is 25.1 Å². The van der Waals surface area contributed by atoms with Gasteiger partial charge in [0.2, 0.25) is 0 Å². The Bertz CT molecular complexity index is 494. The van der Waals surface area contributed by atoms with Crippen LogP contribution in [-0.4, -0.2) is 50.3 Å². The molecular weight excluding hydrogens is 284 g/mol. The van der Waals surface area contributed by atoms with Gasteiger partial charge in [0.05, 0.1) is 6.04 Å². The monoisotopic (exact) mass is 300 g/mol. The fourth-order valence-corrected chi connectivity index (χ4v) is 1.81. The van der Waals surface area contributed by atoms with E-state index < -0.39 is 18.1 Å². The molecule has 0 aliphatic carbocycles. The predicted octanol–water partition coefficient (Wildman–Crippen LogP) is 0.202. The normalized spacial score (nSPS) is 14.1. The lowest BCUT2D eigenvalue weighted by Crippen LogP contribution is -2.38. The molecule has 0 fully saturated rings. The van der Waals surface area contributed by atoms with Crippen molar-refractivity contribution in [2.75, 3.05) is 5.75 Å². The second kappa shape index (κ2) is 7.36. The number of thiol groups is 1. The first-order valence-electron chi connectivity index (χ1n) is 5.76. The first-order valence-corrected chi connectivity index (χ1v) is 6.39. The van der Waals surface area contributed by atoms with E-state index in [-0.39, 0.29) is 23.2 Å². The molecule has 0 radical (unpaired) electrons. The summed E-state index contributed by atoms with van der Waals surface area (Å²) in [4.78, 5) is 22.7. The highest BCUT2D eigenvalue weighted by molar-refractivity contribution is 7.80. The van der Waals surface area contributed by atoms with Crippen molar-refractivity contribution in [2.24, 2.45) is 5.73 Å². The van der Waals surface area contributed by atoms with E-state index in [2.05, 4.69) is 12.6 Å². The number of benzene rings is 1. The number of rotatable bonds is 7. The summed E-state index contributed by atoms with van der Waals surface area (Å²) < 4.78 is 0. The van der Waals surface area contributed by atoms with Crippen LogP contribution in [0.1, 0.15) is 15.9 Å². The molecule has 0 spiro atoms. The first-order chi connectivity index (χ1) is 9.36. The zero-order chi connectivity index (χ0) is 15.3. The molecule has 2 atom stereocenters. The average Bonchev–Trinajstić information content (AvgIpc) is 2.42. The molecule has 5 N–H and O–H groups in total. The average molecular weight is 300 g/mol. The molecule has 110 valence electrons. The molecule has 0 heterocycles. The number of ketones is 1. The minimum absolute atomic E-state index is 0.167. The van der Waals surface area contributed by atoms with E-state index >= 15 is 0 Å². The molecule has 1 aromatic rings. The molecular formula is C12H16N2O5S. The van der Waals surface area contributed by atoms with Crippen molar-refractivity contribution >= 4 is 24.4 Å². The molecule has 0 saturated heterocycles. The van der Waals surface area contributed by atoms with Crippen LogP contribution in [0.2, 0.25) is 0 Å². The standard InChI is InChI=1S/C12H16N2O5S/c13-9(6-20)11(15)8-3-1-2-7(4-8)5-10(12(16)17)14(18)19/h1-4,9-10,18-20H,5-6,13H2,(H,16,17)/t9-,10-/m0/s1. The van der Waals surface area contributed by atoms with E-state index in [4.69, 9.17) is 21.3 Å². The second-order valence-corrected chi connectivity index (χ2v) is 4.60. The summed E-state index contributed by atoms with van der Waals surface area (Å²) in [6.07, 6.45) is -0.167. The van der Waals surface area contributed by atoms with E-state index in [9.17, 15) is 9.59 Å². The number of carbonyl (C=O) groups excluding carboxylic acids is 1. The van der Waals surface area contributed by atoms with Gasteiger partial charge in [0.1, 0.15) is 0 Å². The minimum atomic E-state index is -1.51. The van der Waals surface area contributed by atoms with Crippen LogP contribution in [0.15, 0.2) is 24.3 Å². The number of hydrogen-bond donors (Lipinski definition) is 5. The van der Waals surface area contributed by atoms with Crippen LogP contribution in [0.4, 0.5) is 0 Å². The topological polar surface area (TPSA) is 124 Å². The first kappa shape index (κ1) is 16.6. The summed E-state index contributed by atoms with van der Waals surface area (Å²) in [5.41, 5.74) is 6.39. The predicted molar refractivity (Wildman–Crippen MR) is 73.1 cm³/mol. The van der Waals surface area contributed by atoms with Gasteiger partial charge in [0.25, 0.3) is 0 Å². The lowest BCUT2D eigenvalue weighted by molar-refractivity contribution is -0.327. The van der Waals surface area contributed by atoms with Gasteiger partial charge in [0.15, 0.2) is 11.8 Å². The third-order valence-electron chi connectivity index (χ3n) is 2.74. The Hall–Kier alpha value is -1.45. The summed E-state index contributed by atoms with van der Waals surface area (Å²) in [6, 6.07) is 3.94. The fraction of sp³-hybridized carbons (Fsp3) is 0.333. The lowest BCUT2D eigenvalue weighted by Gasteiger charge is -2.16. The van der Waals surface area contributed by atoms with Crippen molar-refractivity contribution in [2.45, 2.75) is 18.5 Å². The van der Waals surface area contributed by atoms with Crippen molar-refractivity contribution in [3.8, 4) is 0 Å². The van der Waals surface area contributed by atoms with E-state index in [0.29, 0.717) is 11.1 Å². The van der Waals surface area contributed by atoms with Gasteiger partial charge in [-0.25, -0.2) is 0 Å². The zero-order valence-corrected chi connectivity index (χ0v) is 11.4. The van der Waals surface area contributed by atoms with Crippen LogP contribution in [0.3, 0.4) is 0 Å². The minimum Gasteiger partial charge on any atom is -0.480 e. The van der Waals surface area contributed by atoms with Crippen LogP contribution in [0.25, 0.3) is 0 Å². The molecule has 8 heteroatoms. The third-order valence-corrected chi connectivity index (χ3v) is 3.13. The SMILES string of the molecule is N[C@@H](CS)C(=O)c1cccc(C[C@@H](C(=O)O)N(O)O)c1. The molecule has 0 saturated carbocycles. The number of carboxylic acids is 1. The maximum Gasteiger partial charge on any atom is 0.326 e. The summed E-state index contributed by atoms with van der Waals surface area (Å²) >= 11 is 3.94. The Morgan fingerprint density at radius 1 is 1.35 bits per heavy atom. The molecule has 0 aromatic heterocycles. The molecule has 1 rings (SSSR count). The maximum absolute atomic E-state index is 11.9. The Morgan fingerprint density at radius 3 is 2.50 bits per heavy atom. The smallest absolute Gasteiger partial charge is 0.326 e. The molecule has 0 bridgehead atoms. The van der Waals surface area contributed by atoms with Gasteiger partial charge >= 0.3 is 5.97 Å². The molecule has 0 aliphatic heterocycles. The summed E-state index contributed by atoms with van der Waals surface area (Å²) in [5, 5.41) is 26.2. The number of nitrogens with zero attached hydrogens (tertiary/aromatic N) is 1. The van der Waals surface area contributed by atoms with Gasteiger partial charge in [-0.2, -0.15) is 12.6 Å². The summed E-state index contributed by atoms with van der Waals surface area (Å²) in [7, 11) is 0. The number of nitrogens with two attached hydrogens (primary N) is 1. The van der Waals surface area contributed by atoms with Crippen LogP contribution in [0, 0.1) is 0 Å². The molecule has 7 nitrogen and oxygen atoms in total.